The van der Waals surface area contributed by atoms with E-state index in [9.17, 15) is 4.79 Å². The molecule has 2 heteroatoms. The van der Waals surface area contributed by atoms with E-state index >= 15 is 0 Å². The van der Waals surface area contributed by atoms with Crippen LogP contribution in [0.15, 0.2) is 18.2 Å². The number of carbonyl (C=O) groups is 1. The smallest absolute Gasteiger partial charge is 0.169 e. The first-order valence-corrected chi connectivity index (χ1v) is 6.62. The maximum Gasteiger partial charge on any atom is 0.169 e. The molecule has 92 valence electrons. The Kier molecular flexibility index (Phi) is 3.31. The number of hydrogen-bond acceptors (Lipinski definition) is 1. The summed E-state index contributed by atoms with van der Waals surface area (Å²) in [6.45, 7) is 5.84. The van der Waals surface area contributed by atoms with Gasteiger partial charge in [-0.05, 0) is 30.4 Å². The Balaban J connectivity index is 2.47. The van der Waals surface area contributed by atoms with Crippen LogP contribution in [-0.2, 0) is 0 Å². The number of Topliss-reactive ketones (excluding diaryl/α,β-unsaturated/α-hetero) is 1. The molecule has 1 aliphatic rings. The van der Waals surface area contributed by atoms with Crippen LogP contribution in [0.2, 0.25) is 5.02 Å². The van der Waals surface area contributed by atoms with Crippen LogP contribution in [0.3, 0.4) is 0 Å². The van der Waals surface area contributed by atoms with Gasteiger partial charge in [0, 0.05) is 11.0 Å². The fraction of sp³-hybridized carbons (Fsp3) is 0.533. The van der Waals surface area contributed by atoms with Crippen molar-refractivity contribution in [2.75, 3.05) is 0 Å². The van der Waals surface area contributed by atoms with E-state index in [1.54, 1.807) is 0 Å². The predicted octanol–water partition coefficient (Wildman–Crippen LogP) is 4.84. The molecular formula is C15H19ClO. The van der Waals surface area contributed by atoms with Crippen LogP contribution >= 0.6 is 11.6 Å². The molecular weight excluding hydrogens is 232 g/mol. The van der Waals surface area contributed by atoms with Gasteiger partial charge in [0.05, 0.1) is 5.02 Å². The highest BCUT2D eigenvalue weighted by Gasteiger charge is 2.31. The minimum absolute atomic E-state index is 0.157. The molecule has 1 saturated carbocycles. The minimum Gasteiger partial charge on any atom is -0.294 e. The van der Waals surface area contributed by atoms with Crippen molar-refractivity contribution in [3.8, 4) is 0 Å². The van der Waals surface area contributed by atoms with Crippen molar-refractivity contribution in [3.05, 3.63) is 34.3 Å². The second-order valence-electron chi connectivity index (χ2n) is 5.91. The van der Waals surface area contributed by atoms with Crippen LogP contribution < -0.4 is 0 Å². The lowest BCUT2D eigenvalue weighted by molar-refractivity contribution is 0.0856. The molecule has 17 heavy (non-hydrogen) atoms. The van der Waals surface area contributed by atoms with Crippen LogP contribution in [0.4, 0.5) is 0 Å². The molecule has 1 aromatic rings. The summed E-state index contributed by atoms with van der Waals surface area (Å²) in [4.78, 5) is 12.5. The van der Waals surface area contributed by atoms with E-state index in [1.165, 1.54) is 19.3 Å². The van der Waals surface area contributed by atoms with E-state index in [0.29, 0.717) is 10.9 Å². The highest BCUT2D eigenvalue weighted by molar-refractivity contribution is 6.34. The lowest BCUT2D eigenvalue weighted by atomic mass is 9.75. The number of rotatable bonds is 2. The van der Waals surface area contributed by atoms with Crippen LogP contribution in [0, 0.1) is 5.41 Å². The molecule has 2 rings (SSSR count). The molecule has 0 spiro atoms. The third-order valence-electron chi connectivity index (χ3n) is 3.50. The summed E-state index contributed by atoms with van der Waals surface area (Å²) in [5, 5.41) is 0.606. The number of hydrogen-bond donors (Lipinski definition) is 0. The van der Waals surface area contributed by atoms with Crippen molar-refractivity contribution < 1.29 is 4.79 Å². The Hall–Kier alpha value is -0.820. The van der Waals surface area contributed by atoms with Gasteiger partial charge in [-0.2, -0.15) is 0 Å². The zero-order valence-corrected chi connectivity index (χ0v) is 11.5. The predicted molar refractivity (Wildman–Crippen MR) is 71.8 cm³/mol. The highest BCUT2D eigenvalue weighted by atomic mass is 35.5. The summed E-state index contributed by atoms with van der Waals surface area (Å²) in [6, 6.07) is 5.84. The maximum absolute atomic E-state index is 12.5. The molecule has 1 aliphatic carbocycles. The lowest BCUT2D eigenvalue weighted by Crippen LogP contribution is -2.24. The number of ketones is 1. The maximum atomic E-state index is 12.5. The Morgan fingerprint density at radius 1 is 1.29 bits per heavy atom. The fourth-order valence-corrected chi connectivity index (χ4v) is 2.48. The van der Waals surface area contributed by atoms with Crippen molar-refractivity contribution in [3.63, 3.8) is 0 Å². The molecule has 0 bridgehead atoms. The summed E-state index contributed by atoms with van der Waals surface area (Å²) < 4.78 is 0. The topological polar surface area (TPSA) is 17.1 Å². The van der Waals surface area contributed by atoms with E-state index in [0.717, 1.165) is 11.1 Å². The van der Waals surface area contributed by atoms with Gasteiger partial charge in [-0.15, -0.1) is 0 Å². The molecule has 0 heterocycles. The summed E-state index contributed by atoms with van der Waals surface area (Å²) in [7, 11) is 0. The molecule has 0 aromatic heterocycles. The van der Waals surface area contributed by atoms with Gasteiger partial charge in [-0.25, -0.2) is 0 Å². The molecule has 0 aliphatic heterocycles. The molecule has 0 N–H and O–H groups in total. The molecule has 0 amide bonds. The third kappa shape index (κ3) is 2.40. The van der Waals surface area contributed by atoms with Crippen molar-refractivity contribution in [1.29, 1.82) is 0 Å². The van der Waals surface area contributed by atoms with Gasteiger partial charge in [0.15, 0.2) is 5.78 Å². The van der Waals surface area contributed by atoms with E-state index in [-0.39, 0.29) is 11.2 Å². The first-order chi connectivity index (χ1) is 7.91. The van der Waals surface area contributed by atoms with Crippen LogP contribution in [0.25, 0.3) is 0 Å². The molecule has 1 nitrogen and oxygen atoms in total. The van der Waals surface area contributed by atoms with Gasteiger partial charge in [0.1, 0.15) is 0 Å². The van der Waals surface area contributed by atoms with Crippen molar-refractivity contribution in [2.45, 2.75) is 46.0 Å². The van der Waals surface area contributed by atoms with Crippen LogP contribution in [0.1, 0.15) is 61.9 Å². The standard InChI is InChI=1S/C15H19ClO/c1-15(2,3)14(17)13-11(10-6-4-7-10)8-5-9-12(13)16/h5,8-10H,4,6-7H2,1-3H3. The molecule has 0 radical (unpaired) electrons. The summed E-state index contributed by atoms with van der Waals surface area (Å²) >= 11 is 6.23. The van der Waals surface area contributed by atoms with Crippen molar-refractivity contribution in [2.24, 2.45) is 5.41 Å². The molecule has 0 unspecified atom stereocenters. The SMILES string of the molecule is CC(C)(C)C(=O)c1c(Cl)cccc1C1CCC1. The zero-order chi connectivity index (χ0) is 12.6. The summed E-state index contributed by atoms with van der Waals surface area (Å²) in [5.41, 5.74) is 1.54. The van der Waals surface area contributed by atoms with E-state index in [4.69, 9.17) is 11.6 Å². The summed E-state index contributed by atoms with van der Waals surface area (Å²) in [5.74, 6) is 0.694. The molecule has 0 atom stereocenters. The first kappa shape index (κ1) is 12.6. The fourth-order valence-electron chi connectivity index (χ4n) is 2.21. The minimum atomic E-state index is -0.372. The second kappa shape index (κ2) is 4.45. The Morgan fingerprint density at radius 2 is 1.94 bits per heavy atom. The normalized spacial score (nSPS) is 16.7. The van der Waals surface area contributed by atoms with Gasteiger partial charge < -0.3 is 0 Å². The average molecular weight is 251 g/mol. The zero-order valence-electron chi connectivity index (χ0n) is 10.7. The Labute approximate surface area is 108 Å². The van der Waals surface area contributed by atoms with Crippen molar-refractivity contribution in [1.82, 2.24) is 0 Å². The molecule has 0 saturated heterocycles. The van der Waals surface area contributed by atoms with Crippen LogP contribution in [0.5, 0.6) is 0 Å². The third-order valence-corrected chi connectivity index (χ3v) is 3.81. The average Bonchev–Trinajstić information content (AvgIpc) is 2.13. The monoisotopic (exact) mass is 250 g/mol. The van der Waals surface area contributed by atoms with E-state index in [1.807, 2.05) is 32.9 Å². The summed E-state index contributed by atoms with van der Waals surface area (Å²) in [6.07, 6.45) is 3.63. The van der Waals surface area contributed by atoms with Crippen LogP contribution in [-0.4, -0.2) is 5.78 Å². The van der Waals surface area contributed by atoms with Gasteiger partial charge in [-0.1, -0.05) is 50.9 Å². The van der Waals surface area contributed by atoms with E-state index < -0.39 is 0 Å². The Bertz CT molecular complexity index is 439. The number of benzene rings is 1. The van der Waals surface area contributed by atoms with Gasteiger partial charge in [0.2, 0.25) is 0 Å². The highest BCUT2D eigenvalue weighted by Crippen LogP contribution is 2.41. The van der Waals surface area contributed by atoms with E-state index in [2.05, 4.69) is 6.07 Å². The molecule has 1 fully saturated rings. The second-order valence-corrected chi connectivity index (χ2v) is 6.32. The molecule has 1 aromatic carbocycles. The lowest BCUT2D eigenvalue weighted by Gasteiger charge is -2.29. The van der Waals surface area contributed by atoms with Gasteiger partial charge in [-0.3, -0.25) is 4.79 Å². The largest absolute Gasteiger partial charge is 0.294 e. The number of carbonyl (C=O) groups excluding carboxylic acids is 1. The first-order valence-electron chi connectivity index (χ1n) is 6.24. The van der Waals surface area contributed by atoms with Gasteiger partial charge >= 0.3 is 0 Å². The van der Waals surface area contributed by atoms with Gasteiger partial charge in [0.25, 0.3) is 0 Å². The Morgan fingerprint density at radius 3 is 2.41 bits per heavy atom. The van der Waals surface area contributed by atoms with Crippen molar-refractivity contribution >= 4 is 17.4 Å². The quantitative estimate of drug-likeness (QED) is 0.687. The number of halogens is 1.